The first kappa shape index (κ1) is 19.8. The van der Waals surface area contributed by atoms with Crippen molar-refractivity contribution in [3.8, 4) is 28.4 Å². The summed E-state index contributed by atoms with van der Waals surface area (Å²) < 4.78 is 3.49. The SMILES string of the molecule is CCc1cc(-c2c[nH]c(=S)n2-c2ccc3c(c2)c(C)c(C)n3C(=O)O)c(O)cc1O. The van der Waals surface area contributed by atoms with Gasteiger partial charge < -0.3 is 20.3 Å². The van der Waals surface area contributed by atoms with Gasteiger partial charge in [-0.1, -0.05) is 6.92 Å². The van der Waals surface area contributed by atoms with Crippen LogP contribution >= 0.6 is 12.2 Å². The van der Waals surface area contributed by atoms with Gasteiger partial charge in [-0.2, -0.15) is 0 Å². The number of fused-ring (bicyclic) bond motifs is 1. The molecule has 0 saturated carbocycles. The zero-order valence-electron chi connectivity index (χ0n) is 16.7. The van der Waals surface area contributed by atoms with Crippen LogP contribution in [-0.4, -0.2) is 35.5 Å². The van der Waals surface area contributed by atoms with Gasteiger partial charge in [0, 0.05) is 34.6 Å². The number of carbonyl (C=O) groups is 1. The maximum atomic E-state index is 11.7. The van der Waals surface area contributed by atoms with E-state index < -0.39 is 6.09 Å². The van der Waals surface area contributed by atoms with Crippen LogP contribution in [0.25, 0.3) is 27.8 Å². The number of carboxylic acid groups (broad SMARTS) is 1. The standard InChI is InChI=1S/C22H21N3O4S/c1-4-13-7-16(20(27)9-19(13)26)18-10-23-21(30)25(18)14-5-6-17-15(8-14)11(2)12(3)24(17)22(28)29/h5-10,26-27H,4H2,1-3H3,(H,23,30)(H,28,29). The number of imidazole rings is 1. The van der Waals surface area contributed by atoms with E-state index in [0.717, 1.165) is 16.6 Å². The number of aromatic hydroxyl groups is 2. The van der Waals surface area contributed by atoms with Gasteiger partial charge in [0.1, 0.15) is 11.5 Å². The lowest BCUT2D eigenvalue weighted by Crippen LogP contribution is -2.09. The lowest BCUT2D eigenvalue weighted by Gasteiger charge is -2.13. The highest BCUT2D eigenvalue weighted by atomic mass is 32.1. The molecule has 0 atom stereocenters. The second-order valence-electron chi connectivity index (χ2n) is 7.20. The van der Waals surface area contributed by atoms with Crippen molar-refractivity contribution in [2.24, 2.45) is 0 Å². The van der Waals surface area contributed by atoms with Gasteiger partial charge in [0.05, 0.1) is 11.2 Å². The van der Waals surface area contributed by atoms with Crippen molar-refractivity contribution in [3.63, 3.8) is 0 Å². The summed E-state index contributed by atoms with van der Waals surface area (Å²) in [5.41, 5.74) is 4.76. The van der Waals surface area contributed by atoms with Crippen molar-refractivity contribution in [3.05, 3.63) is 58.1 Å². The Morgan fingerprint density at radius 2 is 1.87 bits per heavy atom. The van der Waals surface area contributed by atoms with E-state index in [1.165, 1.54) is 10.6 Å². The molecule has 4 rings (SSSR count). The number of aromatic amines is 1. The maximum absolute atomic E-state index is 11.7. The normalized spacial score (nSPS) is 11.3. The third-order valence-electron chi connectivity index (χ3n) is 5.58. The molecule has 8 heteroatoms. The summed E-state index contributed by atoms with van der Waals surface area (Å²) in [6.07, 6.45) is 1.29. The summed E-state index contributed by atoms with van der Waals surface area (Å²) in [5.74, 6) is -0.0143. The average Bonchev–Trinajstić information content (AvgIpc) is 3.19. The number of nitrogens with one attached hydrogen (secondary N) is 1. The number of hydrogen-bond donors (Lipinski definition) is 4. The van der Waals surface area contributed by atoms with Gasteiger partial charge in [0.2, 0.25) is 0 Å². The molecule has 0 unspecified atom stereocenters. The fourth-order valence-corrected chi connectivity index (χ4v) is 4.14. The molecular formula is C22H21N3O4S. The number of aromatic nitrogens is 3. The minimum atomic E-state index is -1.03. The van der Waals surface area contributed by atoms with Gasteiger partial charge in [-0.25, -0.2) is 9.36 Å². The van der Waals surface area contributed by atoms with Crippen molar-refractivity contribution < 1.29 is 20.1 Å². The number of phenolic OH excluding ortho intramolecular Hbond substituents is 2. The molecule has 0 bridgehead atoms. The quantitative estimate of drug-likeness (QED) is 0.336. The zero-order valence-corrected chi connectivity index (χ0v) is 17.5. The Labute approximate surface area is 177 Å². The van der Waals surface area contributed by atoms with Crippen LogP contribution in [0, 0.1) is 18.6 Å². The molecule has 0 aliphatic carbocycles. The molecule has 0 fully saturated rings. The highest BCUT2D eigenvalue weighted by Crippen LogP contribution is 2.37. The lowest BCUT2D eigenvalue weighted by molar-refractivity contribution is 0.197. The lowest BCUT2D eigenvalue weighted by atomic mass is 10.0. The molecule has 0 saturated heterocycles. The molecule has 0 spiro atoms. The van der Waals surface area contributed by atoms with E-state index in [-0.39, 0.29) is 11.5 Å². The Balaban J connectivity index is 1.97. The number of H-pyrrole nitrogens is 1. The monoisotopic (exact) mass is 423 g/mol. The number of phenols is 2. The summed E-state index contributed by atoms with van der Waals surface area (Å²) in [6.45, 7) is 5.58. The third kappa shape index (κ3) is 2.88. The Bertz CT molecular complexity index is 1380. The van der Waals surface area contributed by atoms with Gasteiger partial charge >= 0.3 is 6.09 Å². The van der Waals surface area contributed by atoms with E-state index in [9.17, 15) is 20.1 Å². The van der Waals surface area contributed by atoms with Crippen molar-refractivity contribution in [2.75, 3.05) is 0 Å². The minimum absolute atomic E-state index is 0.0435. The fraction of sp³-hybridized carbons (Fsp3) is 0.182. The van der Waals surface area contributed by atoms with Crippen LogP contribution in [0.4, 0.5) is 4.79 Å². The summed E-state index contributed by atoms with van der Waals surface area (Å²) in [5, 5.41) is 30.9. The molecule has 2 heterocycles. The number of hydrogen-bond acceptors (Lipinski definition) is 4. The topological polar surface area (TPSA) is 103 Å². The third-order valence-corrected chi connectivity index (χ3v) is 5.88. The Kier molecular flexibility index (Phi) is 4.66. The van der Waals surface area contributed by atoms with Crippen molar-refractivity contribution in [2.45, 2.75) is 27.2 Å². The van der Waals surface area contributed by atoms with E-state index in [0.29, 0.717) is 39.2 Å². The molecule has 2 aromatic heterocycles. The molecule has 0 aliphatic heterocycles. The van der Waals surface area contributed by atoms with E-state index in [2.05, 4.69) is 4.98 Å². The summed E-state index contributed by atoms with van der Waals surface area (Å²) in [4.78, 5) is 14.7. The largest absolute Gasteiger partial charge is 0.508 e. The summed E-state index contributed by atoms with van der Waals surface area (Å²) in [7, 11) is 0. The molecule has 154 valence electrons. The molecule has 30 heavy (non-hydrogen) atoms. The summed E-state index contributed by atoms with van der Waals surface area (Å²) >= 11 is 5.49. The van der Waals surface area contributed by atoms with Crippen LogP contribution in [0.1, 0.15) is 23.7 Å². The van der Waals surface area contributed by atoms with E-state index >= 15 is 0 Å². The molecule has 7 nitrogen and oxygen atoms in total. The maximum Gasteiger partial charge on any atom is 0.416 e. The van der Waals surface area contributed by atoms with Gasteiger partial charge in [-0.05, 0) is 67.9 Å². The van der Waals surface area contributed by atoms with Crippen LogP contribution in [-0.2, 0) is 6.42 Å². The molecule has 4 aromatic rings. The van der Waals surface area contributed by atoms with E-state index in [1.54, 1.807) is 35.9 Å². The molecule has 0 radical (unpaired) electrons. The average molecular weight is 423 g/mol. The van der Waals surface area contributed by atoms with Crippen LogP contribution in [0.2, 0.25) is 0 Å². The van der Waals surface area contributed by atoms with Crippen molar-refractivity contribution in [1.82, 2.24) is 14.1 Å². The predicted molar refractivity (Wildman–Crippen MR) is 117 cm³/mol. The number of nitrogens with zero attached hydrogens (tertiary/aromatic N) is 2. The van der Waals surface area contributed by atoms with Gasteiger partial charge in [-0.15, -0.1) is 0 Å². The van der Waals surface area contributed by atoms with Gasteiger partial charge in [-0.3, -0.25) is 4.57 Å². The first-order valence-electron chi connectivity index (χ1n) is 9.45. The number of aryl methyl sites for hydroxylation is 2. The molecule has 4 N–H and O–H groups in total. The number of rotatable bonds is 3. The molecule has 0 amide bonds. The molecular weight excluding hydrogens is 402 g/mol. The molecule has 0 aliphatic rings. The van der Waals surface area contributed by atoms with Gasteiger partial charge in [0.25, 0.3) is 0 Å². The smallest absolute Gasteiger partial charge is 0.416 e. The second-order valence-corrected chi connectivity index (χ2v) is 7.58. The Morgan fingerprint density at radius 3 is 2.53 bits per heavy atom. The summed E-state index contributed by atoms with van der Waals surface area (Å²) in [6, 6.07) is 8.52. The first-order chi connectivity index (χ1) is 14.2. The zero-order chi connectivity index (χ0) is 21.7. The highest BCUT2D eigenvalue weighted by molar-refractivity contribution is 7.71. The van der Waals surface area contributed by atoms with Crippen LogP contribution < -0.4 is 0 Å². The fourth-order valence-electron chi connectivity index (χ4n) is 3.88. The predicted octanol–water partition coefficient (Wildman–Crippen LogP) is 5.27. The minimum Gasteiger partial charge on any atom is -0.508 e. The van der Waals surface area contributed by atoms with Crippen LogP contribution in [0.15, 0.2) is 36.5 Å². The number of benzene rings is 2. The second kappa shape index (κ2) is 7.07. The highest BCUT2D eigenvalue weighted by Gasteiger charge is 2.19. The van der Waals surface area contributed by atoms with Gasteiger partial charge in [0.15, 0.2) is 4.77 Å². The van der Waals surface area contributed by atoms with Crippen molar-refractivity contribution >= 4 is 29.2 Å². The first-order valence-corrected chi connectivity index (χ1v) is 9.86. The van der Waals surface area contributed by atoms with Crippen LogP contribution in [0.3, 0.4) is 0 Å². The Morgan fingerprint density at radius 1 is 1.13 bits per heavy atom. The van der Waals surface area contributed by atoms with E-state index in [1.807, 2.05) is 19.9 Å². The van der Waals surface area contributed by atoms with Crippen molar-refractivity contribution in [1.29, 1.82) is 0 Å². The van der Waals surface area contributed by atoms with E-state index in [4.69, 9.17) is 12.2 Å². The Hall–Kier alpha value is -3.52. The van der Waals surface area contributed by atoms with Crippen LogP contribution in [0.5, 0.6) is 11.5 Å². The molecule has 2 aromatic carbocycles.